The number of halogens is 2. The molecule has 158 valence electrons. The minimum absolute atomic E-state index is 0.141. The minimum Gasteiger partial charge on any atom is -0.207 e. The molecule has 4 aromatic rings. The van der Waals surface area contributed by atoms with Crippen LogP contribution in [0.1, 0.15) is 41.2 Å². The molecule has 4 rings (SSSR count). The molecule has 0 aliphatic heterocycles. The van der Waals surface area contributed by atoms with E-state index in [0.29, 0.717) is 23.8 Å². The SMILES string of the molecule is CCCc1ccc(CCc2ccc3c(F)c(CCc4ccc(F)cc4)ccc3c2)cc1. The van der Waals surface area contributed by atoms with E-state index in [2.05, 4.69) is 37.3 Å². The molecule has 0 aliphatic rings. The third kappa shape index (κ3) is 5.38. The number of benzene rings is 4. The van der Waals surface area contributed by atoms with E-state index in [1.54, 1.807) is 12.1 Å². The van der Waals surface area contributed by atoms with Crippen LogP contribution >= 0.6 is 0 Å². The lowest BCUT2D eigenvalue weighted by molar-refractivity contribution is 0.619. The molecule has 2 heteroatoms. The standard InChI is InChI=1S/C29H28F2/c1-2-3-21-4-6-22(7-5-21)8-9-24-13-19-28-26(20-24)16-15-25(29(28)31)14-10-23-11-17-27(30)18-12-23/h4-7,11-13,15-20H,2-3,8-10,14H2,1H3. The van der Waals surface area contributed by atoms with Crippen molar-refractivity contribution < 1.29 is 8.78 Å². The average molecular weight is 415 g/mol. The highest BCUT2D eigenvalue weighted by atomic mass is 19.1. The zero-order valence-electron chi connectivity index (χ0n) is 18.0. The van der Waals surface area contributed by atoms with Crippen LogP contribution in [0.2, 0.25) is 0 Å². The summed E-state index contributed by atoms with van der Waals surface area (Å²) in [5.41, 5.74) is 5.67. The summed E-state index contributed by atoms with van der Waals surface area (Å²) < 4.78 is 28.1. The van der Waals surface area contributed by atoms with Crippen LogP contribution in [0, 0.1) is 11.6 Å². The topological polar surface area (TPSA) is 0 Å². The van der Waals surface area contributed by atoms with Gasteiger partial charge in [0.1, 0.15) is 11.6 Å². The van der Waals surface area contributed by atoms with Gasteiger partial charge in [-0.05, 0) is 77.4 Å². The Kier molecular flexibility index (Phi) is 6.76. The van der Waals surface area contributed by atoms with Crippen molar-refractivity contribution in [3.63, 3.8) is 0 Å². The summed E-state index contributed by atoms with van der Waals surface area (Å²) in [4.78, 5) is 0. The van der Waals surface area contributed by atoms with Gasteiger partial charge in [-0.25, -0.2) is 8.78 Å². The molecule has 4 aromatic carbocycles. The zero-order chi connectivity index (χ0) is 21.6. The van der Waals surface area contributed by atoms with Gasteiger partial charge in [-0.1, -0.05) is 80.1 Å². The van der Waals surface area contributed by atoms with Crippen LogP contribution in [0.15, 0.2) is 78.9 Å². The highest BCUT2D eigenvalue weighted by Crippen LogP contribution is 2.24. The van der Waals surface area contributed by atoms with Crippen molar-refractivity contribution >= 4 is 10.8 Å². The molecule has 0 fully saturated rings. The predicted molar refractivity (Wildman–Crippen MR) is 126 cm³/mol. The molecule has 0 N–H and O–H groups in total. The Hall–Kier alpha value is -3.00. The fourth-order valence-corrected chi connectivity index (χ4v) is 4.12. The maximum atomic E-state index is 15.1. The largest absolute Gasteiger partial charge is 0.207 e. The van der Waals surface area contributed by atoms with E-state index in [0.717, 1.165) is 30.2 Å². The fourth-order valence-electron chi connectivity index (χ4n) is 4.12. The number of rotatable bonds is 8. The van der Waals surface area contributed by atoms with Gasteiger partial charge in [-0.2, -0.15) is 0 Å². The van der Waals surface area contributed by atoms with E-state index < -0.39 is 0 Å². The molecule has 0 aromatic heterocycles. The van der Waals surface area contributed by atoms with Gasteiger partial charge in [0.15, 0.2) is 0 Å². The Morgan fingerprint density at radius 1 is 0.548 bits per heavy atom. The van der Waals surface area contributed by atoms with Crippen LogP contribution in [-0.2, 0) is 32.1 Å². The van der Waals surface area contributed by atoms with Gasteiger partial charge in [0.05, 0.1) is 0 Å². The Morgan fingerprint density at radius 3 is 1.77 bits per heavy atom. The van der Waals surface area contributed by atoms with Crippen molar-refractivity contribution in [3.8, 4) is 0 Å². The molecule has 0 nitrogen and oxygen atoms in total. The molecule has 0 unspecified atom stereocenters. The molecule has 0 radical (unpaired) electrons. The van der Waals surface area contributed by atoms with Crippen LogP contribution in [0.5, 0.6) is 0 Å². The van der Waals surface area contributed by atoms with Gasteiger partial charge >= 0.3 is 0 Å². The summed E-state index contributed by atoms with van der Waals surface area (Å²) >= 11 is 0. The van der Waals surface area contributed by atoms with Crippen molar-refractivity contribution in [2.45, 2.75) is 45.4 Å². The second-order valence-electron chi connectivity index (χ2n) is 8.29. The lowest BCUT2D eigenvalue weighted by Gasteiger charge is -2.09. The van der Waals surface area contributed by atoms with Crippen LogP contribution in [0.25, 0.3) is 10.8 Å². The first-order valence-electron chi connectivity index (χ1n) is 11.1. The van der Waals surface area contributed by atoms with Crippen molar-refractivity contribution in [2.24, 2.45) is 0 Å². The van der Waals surface area contributed by atoms with Gasteiger partial charge in [0.2, 0.25) is 0 Å². The second-order valence-corrected chi connectivity index (χ2v) is 8.29. The maximum absolute atomic E-state index is 15.1. The van der Waals surface area contributed by atoms with E-state index >= 15 is 4.39 Å². The summed E-state index contributed by atoms with van der Waals surface area (Å²) in [5, 5.41) is 1.61. The zero-order valence-corrected chi connectivity index (χ0v) is 18.0. The number of hydrogen-bond acceptors (Lipinski definition) is 0. The Bertz CT molecular complexity index is 1140. The van der Waals surface area contributed by atoms with Crippen molar-refractivity contribution in [3.05, 3.63) is 118 Å². The molecule has 0 saturated carbocycles. The lowest BCUT2D eigenvalue weighted by atomic mass is 9.97. The van der Waals surface area contributed by atoms with E-state index in [4.69, 9.17) is 0 Å². The van der Waals surface area contributed by atoms with E-state index in [1.165, 1.54) is 35.2 Å². The summed E-state index contributed by atoms with van der Waals surface area (Å²) in [6, 6.07) is 25.3. The van der Waals surface area contributed by atoms with Gasteiger partial charge < -0.3 is 0 Å². The monoisotopic (exact) mass is 414 g/mol. The Balaban J connectivity index is 1.43. The van der Waals surface area contributed by atoms with E-state index in [9.17, 15) is 4.39 Å². The quantitative estimate of drug-likeness (QED) is 0.278. The second kappa shape index (κ2) is 9.87. The van der Waals surface area contributed by atoms with Gasteiger partial charge in [0.25, 0.3) is 0 Å². The third-order valence-corrected chi connectivity index (χ3v) is 5.96. The first-order valence-corrected chi connectivity index (χ1v) is 11.1. The summed E-state index contributed by atoms with van der Waals surface area (Å²) in [6.45, 7) is 2.20. The fraction of sp³-hybridized carbons (Fsp3) is 0.241. The summed E-state index contributed by atoms with van der Waals surface area (Å²) in [6.07, 6.45) is 5.51. The highest BCUT2D eigenvalue weighted by molar-refractivity contribution is 5.84. The van der Waals surface area contributed by atoms with Crippen LogP contribution < -0.4 is 0 Å². The molecule has 0 atom stereocenters. The van der Waals surface area contributed by atoms with Crippen molar-refractivity contribution in [2.75, 3.05) is 0 Å². The maximum Gasteiger partial charge on any atom is 0.134 e. The molecule has 0 amide bonds. The van der Waals surface area contributed by atoms with Crippen molar-refractivity contribution in [1.82, 2.24) is 0 Å². The van der Waals surface area contributed by atoms with Crippen LogP contribution in [-0.4, -0.2) is 0 Å². The van der Waals surface area contributed by atoms with Crippen LogP contribution in [0.4, 0.5) is 8.78 Å². The number of fused-ring (bicyclic) bond motifs is 1. The minimum atomic E-state index is -0.245. The molecule has 0 bridgehead atoms. The van der Waals surface area contributed by atoms with E-state index in [-0.39, 0.29) is 11.6 Å². The number of aryl methyl sites for hydroxylation is 5. The summed E-state index contributed by atoms with van der Waals surface area (Å²) in [7, 11) is 0. The lowest BCUT2D eigenvalue weighted by Crippen LogP contribution is -1.97. The molecule has 0 saturated heterocycles. The Morgan fingerprint density at radius 2 is 1.10 bits per heavy atom. The predicted octanol–water partition coefficient (Wildman–Crippen LogP) is 7.64. The molecule has 0 aliphatic carbocycles. The molecule has 0 spiro atoms. The van der Waals surface area contributed by atoms with Gasteiger partial charge in [0, 0.05) is 5.39 Å². The third-order valence-electron chi connectivity index (χ3n) is 5.96. The average Bonchev–Trinajstić information content (AvgIpc) is 2.79. The smallest absolute Gasteiger partial charge is 0.134 e. The molecule has 0 heterocycles. The number of hydrogen-bond donors (Lipinski definition) is 0. The first kappa shape index (κ1) is 21.2. The molecular weight excluding hydrogens is 386 g/mol. The van der Waals surface area contributed by atoms with Crippen LogP contribution in [0.3, 0.4) is 0 Å². The first-order chi connectivity index (χ1) is 15.1. The van der Waals surface area contributed by atoms with Gasteiger partial charge in [-0.15, -0.1) is 0 Å². The van der Waals surface area contributed by atoms with Gasteiger partial charge in [-0.3, -0.25) is 0 Å². The van der Waals surface area contributed by atoms with E-state index in [1.807, 2.05) is 24.3 Å². The summed E-state index contributed by atoms with van der Waals surface area (Å²) in [5.74, 6) is -0.386. The van der Waals surface area contributed by atoms with Crippen molar-refractivity contribution in [1.29, 1.82) is 0 Å². The normalized spacial score (nSPS) is 11.2. The molecule has 31 heavy (non-hydrogen) atoms. The molecular formula is C29H28F2. The Labute approximate surface area is 183 Å². The highest BCUT2D eigenvalue weighted by Gasteiger charge is 2.09.